The SMILES string of the molecule is CC(C)(C)OC(=O)NCCc1ncc(-c2ccc(-c3ccccc3)cc2)[nH]1. The van der Waals surface area contributed by atoms with Crippen LogP contribution in [0.2, 0.25) is 0 Å². The van der Waals surface area contributed by atoms with Gasteiger partial charge in [0.25, 0.3) is 0 Å². The molecule has 0 radical (unpaired) electrons. The van der Waals surface area contributed by atoms with E-state index in [0.29, 0.717) is 13.0 Å². The molecule has 0 fully saturated rings. The highest BCUT2D eigenvalue weighted by atomic mass is 16.6. The van der Waals surface area contributed by atoms with Crippen molar-refractivity contribution < 1.29 is 9.53 Å². The Balaban J connectivity index is 1.57. The maximum atomic E-state index is 11.7. The van der Waals surface area contributed by atoms with Crippen molar-refractivity contribution in [2.24, 2.45) is 0 Å². The van der Waals surface area contributed by atoms with Crippen LogP contribution in [0.1, 0.15) is 26.6 Å². The summed E-state index contributed by atoms with van der Waals surface area (Å²) in [6.45, 7) is 5.99. The normalized spacial score (nSPS) is 11.2. The zero-order chi connectivity index (χ0) is 19.3. The van der Waals surface area contributed by atoms with E-state index in [9.17, 15) is 4.79 Å². The lowest BCUT2D eigenvalue weighted by Gasteiger charge is -2.19. The van der Waals surface area contributed by atoms with Gasteiger partial charge >= 0.3 is 6.09 Å². The molecule has 0 bridgehead atoms. The van der Waals surface area contributed by atoms with Gasteiger partial charge in [-0.05, 0) is 37.5 Å². The van der Waals surface area contributed by atoms with E-state index in [1.165, 1.54) is 11.1 Å². The van der Waals surface area contributed by atoms with Crippen molar-refractivity contribution in [2.75, 3.05) is 6.54 Å². The van der Waals surface area contributed by atoms with Crippen LogP contribution in [0, 0.1) is 0 Å². The highest BCUT2D eigenvalue weighted by Gasteiger charge is 2.15. The van der Waals surface area contributed by atoms with Crippen LogP contribution in [0.15, 0.2) is 60.8 Å². The second-order valence-corrected chi connectivity index (χ2v) is 7.37. The Morgan fingerprint density at radius 2 is 1.63 bits per heavy atom. The third-order valence-electron chi connectivity index (χ3n) is 3.96. The molecular formula is C22H25N3O2. The lowest BCUT2D eigenvalue weighted by Crippen LogP contribution is -2.33. The Hall–Kier alpha value is -3.08. The first-order chi connectivity index (χ1) is 12.9. The Kier molecular flexibility index (Phi) is 5.60. The summed E-state index contributed by atoms with van der Waals surface area (Å²) in [6.07, 6.45) is 2.02. The van der Waals surface area contributed by atoms with E-state index in [2.05, 4.69) is 51.7 Å². The minimum atomic E-state index is -0.492. The van der Waals surface area contributed by atoms with Crippen molar-refractivity contribution in [3.63, 3.8) is 0 Å². The monoisotopic (exact) mass is 363 g/mol. The van der Waals surface area contributed by atoms with Crippen LogP contribution in [-0.4, -0.2) is 28.2 Å². The molecule has 5 heteroatoms. The van der Waals surface area contributed by atoms with Gasteiger partial charge in [-0.15, -0.1) is 0 Å². The number of benzene rings is 2. The zero-order valence-electron chi connectivity index (χ0n) is 16.0. The van der Waals surface area contributed by atoms with E-state index in [1.807, 2.05) is 45.2 Å². The lowest BCUT2D eigenvalue weighted by atomic mass is 10.0. The number of aromatic amines is 1. The quantitative estimate of drug-likeness (QED) is 0.683. The molecule has 0 atom stereocenters. The molecule has 140 valence electrons. The van der Waals surface area contributed by atoms with Gasteiger partial charge in [-0.25, -0.2) is 9.78 Å². The molecule has 1 heterocycles. The largest absolute Gasteiger partial charge is 0.444 e. The molecule has 1 aromatic heterocycles. The number of rotatable bonds is 5. The van der Waals surface area contributed by atoms with Gasteiger partial charge in [0.05, 0.1) is 11.9 Å². The zero-order valence-corrected chi connectivity index (χ0v) is 16.0. The third-order valence-corrected chi connectivity index (χ3v) is 3.96. The first-order valence-corrected chi connectivity index (χ1v) is 9.07. The Labute approximate surface area is 159 Å². The Bertz CT molecular complexity index is 878. The van der Waals surface area contributed by atoms with Crippen LogP contribution in [-0.2, 0) is 11.2 Å². The molecule has 5 nitrogen and oxygen atoms in total. The van der Waals surface area contributed by atoms with Crippen LogP contribution in [0.4, 0.5) is 4.79 Å². The topological polar surface area (TPSA) is 67.0 Å². The van der Waals surface area contributed by atoms with E-state index in [1.54, 1.807) is 0 Å². The number of carbonyl (C=O) groups is 1. The molecule has 2 aromatic carbocycles. The van der Waals surface area contributed by atoms with Crippen molar-refractivity contribution >= 4 is 6.09 Å². The molecular weight excluding hydrogens is 338 g/mol. The summed E-state index contributed by atoms with van der Waals surface area (Å²) < 4.78 is 5.22. The molecule has 1 amide bonds. The van der Waals surface area contributed by atoms with Gasteiger partial charge in [-0.2, -0.15) is 0 Å². The number of nitrogens with one attached hydrogen (secondary N) is 2. The van der Waals surface area contributed by atoms with Crippen molar-refractivity contribution in [1.82, 2.24) is 15.3 Å². The third kappa shape index (κ3) is 5.45. The number of amides is 1. The minimum absolute atomic E-state index is 0.411. The molecule has 0 saturated carbocycles. The Morgan fingerprint density at radius 3 is 2.30 bits per heavy atom. The molecule has 2 N–H and O–H groups in total. The second kappa shape index (κ2) is 8.08. The van der Waals surface area contributed by atoms with E-state index >= 15 is 0 Å². The number of hydrogen-bond acceptors (Lipinski definition) is 3. The fourth-order valence-electron chi connectivity index (χ4n) is 2.71. The van der Waals surface area contributed by atoms with Crippen molar-refractivity contribution in [2.45, 2.75) is 32.8 Å². The second-order valence-electron chi connectivity index (χ2n) is 7.37. The highest BCUT2D eigenvalue weighted by molar-refractivity contribution is 5.69. The molecule has 3 aromatic rings. The fourth-order valence-corrected chi connectivity index (χ4v) is 2.71. The molecule has 0 unspecified atom stereocenters. The molecule has 0 aliphatic carbocycles. The predicted molar refractivity (Wildman–Crippen MR) is 107 cm³/mol. The molecule has 0 aliphatic rings. The number of aromatic nitrogens is 2. The standard InChI is InChI=1S/C22H25N3O2/c1-22(2,3)27-21(26)23-14-13-20-24-15-19(25-20)18-11-9-17(10-12-18)16-7-5-4-6-8-16/h4-12,15H,13-14H2,1-3H3,(H,23,26)(H,24,25). The first kappa shape index (κ1) is 18.7. The summed E-state index contributed by atoms with van der Waals surface area (Å²) in [7, 11) is 0. The van der Waals surface area contributed by atoms with E-state index < -0.39 is 11.7 Å². The average Bonchev–Trinajstić information content (AvgIpc) is 3.10. The molecule has 27 heavy (non-hydrogen) atoms. The number of nitrogens with zero attached hydrogens (tertiary/aromatic N) is 1. The predicted octanol–water partition coefficient (Wildman–Crippen LogP) is 4.81. The van der Waals surface area contributed by atoms with Gasteiger partial charge in [0.1, 0.15) is 11.4 Å². The smallest absolute Gasteiger partial charge is 0.407 e. The number of carbonyl (C=O) groups excluding carboxylic acids is 1. The van der Waals surface area contributed by atoms with E-state index in [-0.39, 0.29) is 0 Å². The summed E-state index contributed by atoms with van der Waals surface area (Å²) in [6, 6.07) is 18.7. The van der Waals surface area contributed by atoms with Gasteiger partial charge in [0.15, 0.2) is 0 Å². The molecule has 0 saturated heterocycles. The van der Waals surface area contributed by atoms with Crippen LogP contribution in [0.25, 0.3) is 22.4 Å². The first-order valence-electron chi connectivity index (χ1n) is 9.07. The number of hydrogen-bond donors (Lipinski definition) is 2. The minimum Gasteiger partial charge on any atom is -0.444 e. The van der Waals surface area contributed by atoms with Crippen molar-refractivity contribution in [3.8, 4) is 22.4 Å². The van der Waals surface area contributed by atoms with Gasteiger partial charge in [0, 0.05) is 13.0 Å². The van der Waals surface area contributed by atoms with Crippen molar-refractivity contribution in [1.29, 1.82) is 0 Å². The number of H-pyrrole nitrogens is 1. The van der Waals surface area contributed by atoms with Gasteiger partial charge in [-0.1, -0.05) is 54.6 Å². The maximum absolute atomic E-state index is 11.7. The molecule has 0 spiro atoms. The number of alkyl carbamates (subject to hydrolysis) is 1. The summed E-state index contributed by atoms with van der Waals surface area (Å²) in [5.41, 5.74) is 3.92. The molecule has 3 rings (SSSR count). The number of ether oxygens (including phenoxy) is 1. The van der Waals surface area contributed by atoms with Gasteiger partial charge in [0.2, 0.25) is 0 Å². The fraction of sp³-hybridized carbons (Fsp3) is 0.273. The van der Waals surface area contributed by atoms with Crippen LogP contribution in [0.3, 0.4) is 0 Å². The van der Waals surface area contributed by atoms with E-state index in [0.717, 1.165) is 17.1 Å². The van der Waals surface area contributed by atoms with Gasteiger partial charge in [-0.3, -0.25) is 0 Å². The summed E-state index contributed by atoms with van der Waals surface area (Å²) in [5.74, 6) is 0.827. The van der Waals surface area contributed by atoms with Crippen LogP contribution >= 0.6 is 0 Å². The summed E-state index contributed by atoms with van der Waals surface area (Å²) in [5, 5.41) is 2.74. The Morgan fingerprint density at radius 1 is 1.00 bits per heavy atom. The van der Waals surface area contributed by atoms with Crippen molar-refractivity contribution in [3.05, 3.63) is 66.6 Å². The summed E-state index contributed by atoms with van der Waals surface area (Å²) in [4.78, 5) is 19.4. The maximum Gasteiger partial charge on any atom is 0.407 e. The van der Waals surface area contributed by atoms with Crippen LogP contribution in [0.5, 0.6) is 0 Å². The van der Waals surface area contributed by atoms with E-state index in [4.69, 9.17) is 4.74 Å². The highest BCUT2D eigenvalue weighted by Crippen LogP contribution is 2.23. The number of imidazole rings is 1. The van der Waals surface area contributed by atoms with Gasteiger partial charge < -0.3 is 15.0 Å². The van der Waals surface area contributed by atoms with Crippen LogP contribution < -0.4 is 5.32 Å². The average molecular weight is 363 g/mol. The summed E-state index contributed by atoms with van der Waals surface area (Å²) >= 11 is 0. The lowest BCUT2D eigenvalue weighted by molar-refractivity contribution is 0.0528. The molecule has 0 aliphatic heterocycles.